The third-order valence-corrected chi connectivity index (χ3v) is 5.41. The lowest BCUT2D eigenvalue weighted by molar-refractivity contribution is -0.132. The first-order valence-corrected chi connectivity index (χ1v) is 10.6. The molecule has 4 rings (SSSR count). The number of hydrogen-bond acceptors (Lipinski definition) is 5. The van der Waals surface area contributed by atoms with Crippen molar-refractivity contribution in [2.24, 2.45) is 0 Å². The zero-order valence-electron chi connectivity index (χ0n) is 18.0. The lowest BCUT2D eigenvalue weighted by atomic mass is 10.2. The zero-order chi connectivity index (χ0) is 22.3. The Morgan fingerprint density at radius 3 is 1.66 bits per heavy atom. The summed E-state index contributed by atoms with van der Waals surface area (Å²) in [6.07, 6.45) is 0. The molecule has 32 heavy (non-hydrogen) atoms. The van der Waals surface area contributed by atoms with Crippen molar-refractivity contribution >= 4 is 40.3 Å². The summed E-state index contributed by atoms with van der Waals surface area (Å²) in [4.78, 5) is 29.2. The molecule has 1 fully saturated rings. The Morgan fingerprint density at radius 1 is 0.625 bits per heavy atom. The van der Waals surface area contributed by atoms with Gasteiger partial charge in [0.05, 0.1) is 0 Å². The van der Waals surface area contributed by atoms with E-state index in [-0.39, 0.29) is 0 Å². The largest absolute Gasteiger partial charge is 0.369 e. The molecular formula is C25H27N5O2. The van der Waals surface area contributed by atoms with Crippen LogP contribution in [0.4, 0.5) is 28.4 Å². The maximum Gasteiger partial charge on any atom is 0.314 e. The number of para-hydroxylation sites is 1. The van der Waals surface area contributed by atoms with Gasteiger partial charge in [-0.1, -0.05) is 18.2 Å². The highest BCUT2D eigenvalue weighted by Gasteiger charge is 2.16. The number of anilines is 5. The van der Waals surface area contributed by atoms with Crippen LogP contribution in [0.1, 0.15) is 0 Å². The van der Waals surface area contributed by atoms with Crippen molar-refractivity contribution in [3.05, 3.63) is 78.9 Å². The summed E-state index contributed by atoms with van der Waals surface area (Å²) in [5, 5.41) is 8.55. The average molecular weight is 430 g/mol. The Kier molecular flexibility index (Phi) is 6.67. The molecule has 1 aliphatic rings. The second-order valence-corrected chi connectivity index (χ2v) is 7.81. The summed E-state index contributed by atoms with van der Waals surface area (Å²) in [5.74, 6) is -1.42. The molecule has 3 aromatic carbocycles. The van der Waals surface area contributed by atoms with E-state index in [0.717, 1.165) is 43.2 Å². The molecule has 2 amide bonds. The maximum atomic E-state index is 12.3. The van der Waals surface area contributed by atoms with E-state index in [4.69, 9.17) is 0 Å². The first-order chi connectivity index (χ1) is 15.6. The molecular weight excluding hydrogens is 402 g/mol. The van der Waals surface area contributed by atoms with Crippen molar-refractivity contribution in [1.29, 1.82) is 0 Å². The molecule has 164 valence electrons. The van der Waals surface area contributed by atoms with Crippen LogP contribution in [-0.4, -0.2) is 49.9 Å². The Morgan fingerprint density at radius 2 is 1.09 bits per heavy atom. The number of benzene rings is 3. The molecule has 1 saturated heterocycles. The number of hydrogen-bond donors (Lipinski definition) is 3. The van der Waals surface area contributed by atoms with Crippen LogP contribution in [0.15, 0.2) is 78.9 Å². The molecule has 0 radical (unpaired) electrons. The van der Waals surface area contributed by atoms with E-state index in [1.54, 1.807) is 12.1 Å². The molecule has 7 nitrogen and oxygen atoms in total. The molecule has 0 spiro atoms. The highest BCUT2D eigenvalue weighted by molar-refractivity contribution is 6.43. The van der Waals surface area contributed by atoms with Crippen LogP contribution in [0.2, 0.25) is 0 Å². The molecule has 0 bridgehead atoms. The Hall–Kier alpha value is -3.84. The molecule has 1 heterocycles. The van der Waals surface area contributed by atoms with Crippen LogP contribution in [0.5, 0.6) is 0 Å². The van der Waals surface area contributed by atoms with E-state index in [2.05, 4.69) is 32.8 Å². The Labute approximate surface area is 188 Å². The molecule has 3 aromatic rings. The fraction of sp³-hybridized carbons (Fsp3) is 0.200. The summed E-state index contributed by atoms with van der Waals surface area (Å²) in [5.41, 5.74) is 4.12. The molecule has 0 aliphatic carbocycles. The smallest absolute Gasteiger partial charge is 0.314 e. The van der Waals surface area contributed by atoms with Crippen LogP contribution in [0.3, 0.4) is 0 Å². The van der Waals surface area contributed by atoms with Gasteiger partial charge in [-0.05, 0) is 67.7 Å². The topological polar surface area (TPSA) is 76.7 Å². The van der Waals surface area contributed by atoms with Gasteiger partial charge < -0.3 is 25.8 Å². The van der Waals surface area contributed by atoms with Crippen molar-refractivity contribution in [3.8, 4) is 0 Å². The number of nitrogens with zero attached hydrogens (tertiary/aromatic N) is 2. The number of rotatable bonds is 5. The van der Waals surface area contributed by atoms with Crippen molar-refractivity contribution in [2.45, 2.75) is 0 Å². The summed E-state index contributed by atoms with van der Waals surface area (Å²) in [6.45, 7) is 4.01. The van der Waals surface area contributed by atoms with Gasteiger partial charge in [0, 0.05) is 54.6 Å². The first kappa shape index (κ1) is 21.4. The molecule has 7 heteroatoms. The molecule has 0 unspecified atom stereocenters. The number of nitrogens with one attached hydrogen (secondary N) is 3. The number of amides is 2. The number of carbonyl (C=O) groups is 2. The van der Waals surface area contributed by atoms with Gasteiger partial charge in [0.25, 0.3) is 0 Å². The predicted molar refractivity (Wildman–Crippen MR) is 130 cm³/mol. The minimum Gasteiger partial charge on any atom is -0.369 e. The summed E-state index contributed by atoms with van der Waals surface area (Å²) >= 11 is 0. The maximum absolute atomic E-state index is 12.3. The van der Waals surface area contributed by atoms with Crippen molar-refractivity contribution in [3.63, 3.8) is 0 Å². The van der Waals surface area contributed by atoms with Gasteiger partial charge in [0.2, 0.25) is 0 Å². The van der Waals surface area contributed by atoms with Gasteiger partial charge in [-0.2, -0.15) is 0 Å². The quantitative estimate of drug-likeness (QED) is 0.539. The Bertz CT molecular complexity index is 1040. The van der Waals surface area contributed by atoms with Crippen LogP contribution in [0.25, 0.3) is 0 Å². The van der Waals surface area contributed by atoms with E-state index in [1.165, 1.54) is 0 Å². The lowest BCUT2D eigenvalue weighted by Gasteiger charge is -2.34. The summed E-state index contributed by atoms with van der Waals surface area (Å²) in [7, 11) is 2.12. The lowest BCUT2D eigenvalue weighted by Crippen LogP contribution is -2.44. The van der Waals surface area contributed by atoms with Crippen LogP contribution >= 0.6 is 0 Å². The van der Waals surface area contributed by atoms with Crippen LogP contribution in [0, 0.1) is 0 Å². The van der Waals surface area contributed by atoms with E-state index < -0.39 is 11.8 Å². The second-order valence-electron chi connectivity index (χ2n) is 7.81. The number of carbonyl (C=O) groups excluding carboxylic acids is 2. The minimum absolute atomic E-state index is 0.550. The number of likely N-dealkylation sites (N-methyl/N-ethyl adjacent to an activating group) is 1. The molecule has 1 aliphatic heterocycles. The van der Waals surface area contributed by atoms with Gasteiger partial charge in [0.15, 0.2) is 0 Å². The Balaban J connectivity index is 1.28. The van der Waals surface area contributed by atoms with Crippen molar-refractivity contribution in [2.75, 3.05) is 54.1 Å². The average Bonchev–Trinajstić information content (AvgIpc) is 2.82. The fourth-order valence-corrected chi connectivity index (χ4v) is 3.52. The normalized spacial score (nSPS) is 14.0. The van der Waals surface area contributed by atoms with Crippen molar-refractivity contribution < 1.29 is 9.59 Å². The molecule has 3 N–H and O–H groups in total. The first-order valence-electron chi connectivity index (χ1n) is 10.6. The van der Waals surface area contributed by atoms with Crippen LogP contribution in [-0.2, 0) is 9.59 Å². The fourth-order valence-electron chi connectivity index (χ4n) is 3.52. The van der Waals surface area contributed by atoms with Gasteiger partial charge in [-0.3, -0.25) is 9.59 Å². The summed E-state index contributed by atoms with van der Waals surface area (Å²) < 4.78 is 0. The highest BCUT2D eigenvalue weighted by Crippen LogP contribution is 2.20. The van der Waals surface area contributed by atoms with E-state index in [1.807, 2.05) is 66.7 Å². The molecule has 0 saturated carbocycles. The zero-order valence-corrected chi connectivity index (χ0v) is 18.0. The monoisotopic (exact) mass is 429 g/mol. The molecule has 0 aromatic heterocycles. The van der Waals surface area contributed by atoms with Gasteiger partial charge in [-0.25, -0.2) is 0 Å². The number of piperazine rings is 1. The minimum atomic E-state index is -0.711. The third kappa shape index (κ3) is 5.65. The van der Waals surface area contributed by atoms with Crippen LogP contribution < -0.4 is 20.9 Å². The summed E-state index contributed by atoms with van der Waals surface area (Å²) in [6, 6.07) is 24.6. The highest BCUT2D eigenvalue weighted by atomic mass is 16.2. The van der Waals surface area contributed by atoms with E-state index in [0.29, 0.717) is 11.4 Å². The van der Waals surface area contributed by atoms with Gasteiger partial charge >= 0.3 is 11.8 Å². The van der Waals surface area contributed by atoms with Gasteiger partial charge in [0.1, 0.15) is 0 Å². The van der Waals surface area contributed by atoms with E-state index >= 15 is 0 Å². The molecule has 0 atom stereocenters. The SMILES string of the molecule is CN1CCN(c2ccc(NC(=O)C(=O)Nc3ccc(Nc4ccccc4)cc3)cc2)CC1. The van der Waals surface area contributed by atoms with Crippen molar-refractivity contribution in [1.82, 2.24) is 4.90 Å². The van der Waals surface area contributed by atoms with Gasteiger partial charge in [-0.15, -0.1) is 0 Å². The standard InChI is InChI=1S/C25H27N5O2/c1-29-15-17-30(18-16-29)23-13-11-22(12-14-23)28-25(32)24(31)27-21-9-7-20(8-10-21)26-19-5-3-2-4-6-19/h2-14,26H,15-18H2,1H3,(H,27,31)(H,28,32). The predicted octanol–water partition coefficient (Wildman–Crippen LogP) is 3.76. The van der Waals surface area contributed by atoms with E-state index in [9.17, 15) is 9.59 Å². The second kappa shape index (κ2) is 9.98. The third-order valence-electron chi connectivity index (χ3n) is 5.41.